The fourth-order valence-corrected chi connectivity index (χ4v) is 1.81. The Bertz CT molecular complexity index is 401. The molecule has 0 bridgehead atoms. The first-order valence-corrected chi connectivity index (χ1v) is 6.30. The zero-order valence-electron chi connectivity index (χ0n) is 14.0. The molecule has 0 aliphatic rings. The van der Waals surface area contributed by atoms with Gasteiger partial charge in [0.25, 0.3) is 0 Å². The van der Waals surface area contributed by atoms with E-state index < -0.39 is 0 Å². The second kappa shape index (κ2) is 12.8. The molecule has 2 nitrogen and oxygen atoms in total. The number of nitrogens with zero attached hydrogens (tertiary/aromatic N) is 1. The van der Waals surface area contributed by atoms with Crippen LogP contribution in [-0.2, 0) is 17.1 Å². The summed E-state index contributed by atoms with van der Waals surface area (Å²) >= 11 is 0. The van der Waals surface area contributed by atoms with E-state index in [9.17, 15) is 5.11 Å². The Morgan fingerprint density at radius 3 is 1.95 bits per heavy atom. The third kappa shape index (κ3) is 8.23. The number of hydrogen-bond acceptors (Lipinski definition) is 2. The van der Waals surface area contributed by atoms with E-state index in [0.717, 1.165) is 5.56 Å². The molecule has 0 aliphatic carbocycles. The van der Waals surface area contributed by atoms with Gasteiger partial charge in [-0.1, -0.05) is 0 Å². The molecule has 2 atom stereocenters. The second-order valence-electron chi connectivity index (χ2n) is 4.71. The molecular weight excluding hydrogens is 302 g/mol. The number of hydrogen-bond donors (Lipinski definition) is 1. The van der Waals surface area contributed by atoms with Crippen molar-refractivity contribution >= 4 is 0 Å². The van der Waals surface area contributed by atoms with Gasteiger partial charge in [0, 0.05) is 12.1 Å². The van der Waals surface area contributed by atoms with Gasteiger partial charge in [-0.05, 0) is 27.9 Å². The molecule has 1 N–H and O–H groups in total. The molecule has 0 fully saturated rings. The predicted molar refractivity (Wildman–Crippen MR) is 89.6 cm³/mol. The van der Waals surface area contributed by atoms with Gasteiger partial charge in [0.05, 0.1) is 0 Å². The molecule has 2 rings (SSSR count). The van der Waals surface area contributed by atoms with Gasteiger partial charge in [0.1, 0.15) is 0 Å². The molecule has 0 spiro atoms. The van der Waals surface area contributed by atoms with Crippen molar-refractivity contribution in [3.63, 3.8) is 0 Å². The van der Waals surface area contributed by atoms with E-state index in [1.165, 1.54) is 5.56 Å². The molecule has 0 aromatic heterocycles. The SMILES string of the molecule is C[C@@H](O)[c-]1cccc1[C@H](C)N(C)C.[CH3-].[CH3-].[Fe+4].c1cc[cH-]c1. The van der Waals surface area contributed by atoms with Crippen LogP contribution in [0.4, 0.5) is 0 Å². The smallest absolute Gasteiger partial charge is 0.401 e. The zero-order chi connectivity index (χ0) is 13.5. The Kier molecular flexibility index (Phi) is 15.4. The van der Waals surface area contributed by atoms with Gasteiger partial charge < -0.3 is 24.9 Å². The molecule has 3 heteroatoms. The number of aliphatic hydroxyl groups is 1. The normalized spacial score (nSPS) is 11.9. The van der Waals surface area contributed by atoms with Gasteiger partial charge in [-0.3, -0.25) is 0 Å². The van der Waals surface area contributed by atoms with Gasteiger partial charge in [-0.15, -0.1) is 11.1 Å². The Labute approximate surface area is 142 Å². The van der Waals surface area contributed by atoms with E-state index in [1.807, 2.05) is 56.6 Å². The maximum absolute atomic E-state index is 9.51. The van der Waals surface area contributed by atoms with Gasteiger partial charge in [0.2, 0.25) is 0 Å². The van der Waals surface area contributed by atoms with Crippen LogP contribution in [0.15, 0.2) is 48.5 Å². The molecule has 0 radical (unpaired) electrons. The average Bonchev–Trinajstić information content (AvgIpc) is 3.01. The Morgan fingerprint density at radius 2 is 1.62 bits per heavy atom. The summed E-state index contributed by atoms with van der Waals surface area (Å²) in [6.07, 6.45) is -0.368. The molecule has 2 aromatic carbocycles. The van der Waals surface area contributed by atoms with Crippen molar-refractivity contribution in [3.05, 3.63) is 74.5 Å². The molecule has 21 heavy (non-hydrogen) atoms. The van der Waals surface area contributed by atoms with Crippen molar-refractivity contribution in [1.29, 1.82) is 0 Å². The summed E-state index contributed by atoms with van der Waals surface area (Å²) < 4.78 is 0. The van der Waals surface area contributed by atoms with E-state index in [0.29, 0.717) is 6.04 Å². The van der Waals surface area contributed by atoms with E-state index in [4.69, 9.17) is 0 Å². The fraction of sp³-hybridized carbons (Fsp3) is 0.333. The van der Waals surface area contributed by atoms with Crippen LogP contribution < -0.4 is 0 Å². The molecule has 0 saturated heterocycles. The molecule has 120 valence electrons. The Balaban J connectivity index is -0.000000349. The number of rotatable bonds is 3. The summed E-state index contributed by atoms with van der Waals surface area (Å²) in [6, 6.07) is 16.4. The molecule has 0 amide bonds. The summed E-state index contributed by atoms with van der Waals surface area (Å²) in [5, 5.41) is 9.51. The van der Waals surface area contributed by atoms with Gasteiger partial charge in [-0.25, -0.2) is 24.3 Å². The average molecular weight is 331 g/mol. The molecule has 0 unspecified atom stereocenters. The first-order chi connectivity index (χ1) is 8.54. The molecule has 2 aromatic rings. The summed E-state index contributed by atoms with van der Waals surface area (Å²) in [7, 11) is 4.09. The van der Waals surface area contributed by atoms with Crippen molar-refractivity contribution in [2.45, 2.75) is 26.0 Å². The summed E-state index contributed by atoms with van der Waals surface area (Å²) in [4.78, 5) is 2.14. The largest absolute Gasteiger partial charge is 4.00 e. The zero-order valence-corrected chi connectivity index (χ0v) is 15.1. The van der Waals surface area contributed by atoms with Crippen molar-refractivity contribution < 1.29 is 22.2 Å². The maximum Gasteiger partial charge on any atom is 4.00 e. The van der Waals surface area contributed by atoms with Crippen LogP contribution in [0.3, 0.4) is 0 Å². The van der Waals surface area contributed by atoms with Crippen LogP contribution in [-0.4, -0.2) is 24.1 Å². The van der Waals surface area contributed by atoms with Crippen LogP contribution in [0.1, 0.15) is 37.1 Å². The molecular formula is C18H29FeNO. The van der Waals surface area contributed by atoms with E-state index >= 15 is 0 Å². The molecule has 0 heterocycles. The van der Waals surface area contributed by atoms with Gasteiger partial charge >= 0.3 is 17.1 Å². The van der Waals surface area contributed by atoms with Crippen molar-refractivity contribution in [2.75, 3.05) is 14.1 Å². The second-order valence-corrected chi connectivity index (χ2v) is 4.71. The summed E-state index contributed by atoms with van der Waals surface area (Å²) in [5.41, 5.74) is 2.27. The molecule has 0 saturated carbocycles. The van der Waals surface area contributed by atoms with E-state index in [1.54, 1.807) is 6.92 Å². The third-order valence-electron chi connectivity index (χ3n) is 3.12. The van der Waals surface area contributed by atoms with Crippen molar-refractivity contribution in [2.24, 2.45) is 0 Å². The quantitative estimate of drug-likeness (QED) is 0.666. The number of aliphatic hydroxyl groups excluding tert-OH is 1. The third-order valence-corrected chi connectivity index (χ3v) is 3.12. The van der Waals surface area contributed by atoms with E-state index in [-0.39, 0.29) is 38.0 Å². The summed E-state index contributed by atoms with van der Waals surface area (Å²) in [6.45, 7) is 3.95. The van der Waals surface area contributed by atoms with Crippen LogP contribution in [0.5, 0.6) is 0 Å². The predicted octanol–water partition coefficient (Wildman–Crippen LogP) is 4.38. The Morgan fingerprint density at radius 1 is 1.10 bits per heavy atom. The van der Waals surface area contributed by atoms with Crippen molar-refractivity contribution in [1.82, 2.24) is 4.90 Å². The van der Waals surface area contributed by atoms with E-state index in [2.05, 4.69) is 17.9 Å². The van der Waals surface area contributed by atoms with Crippen LogP contribution >= 0.6 is 0 Å². The first-order valence-electron chi connectivity index (χ1n) is 6.30. The fourth-order valence-electron chi connectivity index (χ4n) is 1.81. The van der Waals surface area contributed by atoms with Crippen LogP contribution in [0.25, 0.3) is 0 Å². The van der Waals surface area contributed by atoms with Crippen molar-refractivity contribution in [3.8, 4) is 0 Å². The minimum absolute atomic E-state index is 0. The molecule has 0 aliphatic heterocycles. The van der Waals surface area contributed by atoms with Gasteiger partial charge in [0.15, 0.2) is 0 Å². The topological polar surface area (TPSA) is 23.5 Å². The van der Waals surface area contributed by atoms with Crippen LogP contribution in [0.2, 0.25) is 0 Å². The maximum atomic E-state index is 9.51. The Hall–Kier alpha value is -0.861. The minimum atomic E-state index is -0.368. The minimum Gasteiger partial charge on any atom is -0.401 e. The standard InChI is InChI=1S/C11H18NO.C5H5.2CH3.Fe/c1-8(12(3)4)10-6-5-7-11(10)9(2)13;1-2-4-5-3-1;;;/h5-9,13H,1-4H3;1-5H;2*1H3;/q4*-1;+4/t8-,9+;;;;/m0..../s1. The van der Waals surface area contributed by atoms with Crippen LogP contribution in [0, 0.1) is 14.9 Å². The monoisotopic (exact) mass is 331 g/mol. The van der Waals surface area contributed by atoms with Gasteiger partial charge in [-0.2, -0.15) is 24.3 Å². The summed E-state index contributed by atoms with van der Waals surface area (Å²) in [5.74, 6) is 0. The first kappa shape index (κ1) is 25.1.